The number of rotatable bonds is 7. The second-order valence-electron chi connectivity index (χ2n) is 3.93. The number of carbonyl (C=O) groups excluding carboxylic acids is 1. The number of ether oxygens (including phenoxy) is 1. The van der Waals surface area contributed by atoms with E-state index < -0.39 is 0 Å². The van der Waals surface area contributed by atoms with Crippen LogP contribution in [0.4, 0.5) is 0 Å². The largest absolute Gasteiger partial charge is 0.466 e. The maximum atomic E-state index is 10.9. The molecule has 16 heavy (non-hydrogen) atoms. The molecule has 0 bridgehead atoms. The van der Waals surface area contributed by atoms with Crippen LogP contribution in [0.1, 0.15) is 39.5 Å². The first kappa shape index (κ1) is 14.9. The van der Waals surface area contributed by atoms with Gasteiger partial charge in [0.25, 0.3) is 0 Å². The minimum Gasteiger partial charge on any atom is -0.466 e. The zero-order valence-electron chi connectivity index (χ0n) is 10.5. The molecule has 0 spiro atoms. The van der Waals surface area contributed by atoms with E-state index in [4.69, 9.17) is 5.11 Å². The van der Waals surface area contributed by atoms with Crippen molar-refractivity contribution >= 4 is 5.97 Å². The summed E-state index contributed by atoms with van der Waals surface area (Å²) in [5.41, 5.74) is 2.32. The lowest BCUT2D eigenvalue weighted by Crippen LogP contribution is -1.95. The second kappa shape index (κ2) is 9.16. The van der Waals surface area contributed by atoms with Crippen molar-refractivity contribution in [2.75, 3.05) is 13.7 Å². The average Bonchev–Trinajstić information content (AvgIpc) is 2.26. The first-order valence-electron chi connectivity index (χ1n) is 5.61. The van der Waals surface area contributed by atoms with Crippen LogP contribution in [-0.4, -0.2) is 24.8 Å². The Kier molecular flexibility index (Phi) is 8.53. The molecular weight excluding hydrogens is 204 g/mol. The van der Waals surface area contributed by atoms with Gasteiger partial charge in [0, 0.05) is 12.7 Å². The van der Waals surface area contributed by atoms with Gasteiger partial charge in [-0.05, 0) is 39.5 Å². The average molecular weight is 226 g/mol. The molecule has 0 aliphatic rings. The van der Waals surface area contributed by atoms with Gasteiger partial charge < -0.3 is 9.84 Å². The van der Waals surface area contributed by atoms with Crippen molar-refractivity contribution < 1.29 is 14.6 Å². The van der Waals surface area contributed by atoms with Gasteiger partial charge in [0.05, 0.1) is 7.11 Å². The van der Waals surface area contributed by atoms with Crippen LogP contribution >= 0.6 is 0 Å². The van der Waals surface area contributed by atoms with E-state index in [-0.39, 0.29) is 12.6 Å². The molecule has 3 heteroatoms. The molecule has 0 aromatic rings. The Hall–Kier alpha value is -1.09. The van der Waals surface area contributed by atoms with Crippen molar-refractivity contribution in [3.05, 3.63) is 23.3 Å². The molecule has 0 saturated carbocycles. The molecule has 0 aromatic carbocycles. The van der Waals surface area contributed by atoms with Crippen molar-refractivity contribution in [1.29, 1.82) is 0 Å². The SMILES string of the molecule is COC(=O)/C=C(\C)CC/C=C(\C)CCCO. The molecular formula is C13H22O3. The quantitative estimate of drug-likeness (QED) is 0.412. The Labute approximate surface area is 97.8 Å². The fourth-order valence-electron chi connectivity index (χ4n) is 1.34. The van der Waals surface area contributed by atoms with Crippen molar-refractivity contribution in [3.63, 3.8) is 0 Å². The molecule has 0 aliphatic carbocycles. The van der Waals surface area contributed by atoms with Gasteiger partial charge in [-0.15, -0.1) is 0 Å². The molecule has 0 saturated heterocycles. The highest BCUT2D eigenvalue weighted by molar-refractivity contribution is 5.82. The normalized spacial score (nSPS) is 12.8. The number of allylic oxidation sites excluding steroid dienone is 3. The highest BCUT2D eigenvalue weighted by atomic mass is 16.5. The van der Waals surface area contributed by atoms with Gasteiger partial charge in [-0.1, -0.05) is 17.2 Å². The predicted molar refractivity (Wildman–Crippen MR) is 65.1 cm³/mol. The molecule has 1 N–H and O–H groups in total. The molecule has 0 rings (SSSR count). The van der Waals surface area contributed by atoms with Gasteiger partial charge in [-0.2, -0.15) is 0 Å². The molecule has 0 amide bonds. The summed E-state index contributed by atoms with van der Waals surface area (Å²) in [5.74, 6) is -0.293. The van der Waals surface area contributed by atoms with E-state index in [1.54, 1.807) is 0 Å². The van der Waals surface area contributed by atoms with Crippen LogP contribution in [-0.2, 0) is 9.53 Å². The smallest absolute Gasteiger partial charge is 0.330 e. The summed E-state index contributed by atoms with van der Waals surface area (Å²) >= 11 is 0. The number of esters is 1. The van der Waals surface area contributed by atoms with Crippen molar-refractivity contribution in [3.8, 4) is 0 Å². The van der Waals surface area contributed by atoms with Crippen LogP contribution in [0, 0.1) is 0 Å². The standard InChI is InChI=1S/C13H22O3/c1-11(8-5-9-14)6-4-7-12(2)10-13(15)16-3/h6,10,14H,4-5,7-9H2,1-3H3/b11-6+,12-10+. The summed E-state index contributed by atoms with van der Waals surface area (Å²) in [6.07, 6.45) is 7.24. The van der Waals surface area contributed by atoms with E-state index in [2.05, 4.69) is 17.7 Å². The molecule has 0 heterocycles. The monoisotopic (exact) mass is 226 g/mol. The third-order valence-electron chi connectivity index (χ3n) is 2.33. The molecule has 92 valence electrons. The summed E-state index contributed by atoms with van der Waals surface area (Å²) in [5, 5.41) is 8.67. The van der Waals surface area contributed by atoms with Crippen LogP contribution in [0.2, 0.25) is 0 Å². The molecule has 3 nitrogen and oxygen atoms in total. The highest BCUT2D eigenvalue weighted by Gasteiger charge is 1.96. The molecule has 0 atom stereocenters. The van der Waals surface area contributed by atoms with E-state index in [0.717, 1.165) is 31.3 Å². The van der Waals surface area contributed by atoms with Gasteiger partial charge in [0.1, 0.15) is 0 Å². The Bertz CT molecular complexity index is 264. The number of hydrogen-bond acceptors (Lipinski definition) is 3. The maximum Gasteiger partial charge on any atom is 0.330 e. The second-order valence-corrected chi connectivity index (χ2v) is 3.93. The number of methoxy groups -OCH3 is 1. The van der Waals surface area contributed by atoms with Gasteiger partial charge in [-0.3, -0.25) is 0 Å². The van der Waals surface area contributed by atoms with Crippen molar-refractivity contribution in [1.82, 2.24) is 0 Å². The lowest BCUT2D eigenvalue weighted by atomic mass is 10.1. The summed E-state index contributed by atoms with van der Waals surface area (Å²) < 4.78 is 4.54. The van der Waals surface area contributed by atoms with Gasteiger partial charge in [0.15, 0.2) is 0 Å². The summed E-state index contributed by atoms with van der Waals surface area (Å²) in [4.78, 5) is 10.9. The summed E-state index contributed by atoms with van der Waals surface area (Å²) in [7, 11) is 1.38. The Balaban J connectivity index is 3.88. The molecule has 0 radical (unpaired) electrons. The first-order valence-corrected chi connectivity index (χ1v) is 5.61. The zero-order chi connectivity index (χ0) is 12.4. The number of carbonyl (C=O) groups is 1. The lowest BCUT2D eigenvalue weighted by molar-refractivity contribution is -0.134. The Morgan fingerprint density at radius 2 is 1.94 bits per heavy atom. The minimum atomic E-state index is -0.293. The van der Waals surface area contributed by atoms with E-state index in [1.807, 2.05) is 6.92 Å². The van der Waals surface area contributed by atoms with Crippen LogP contribution < -0.4 is 0 Å². The number of hydrogen-bond donors (Lipinski definition) is 1. The van der Waals surface area contributed by atoms with Gasteiger partial charge >= 0.3 is 5.97 Å². The van der Waals surface area contributed by atoms with Gasteiger partial charge in [-0.25, -0.2) is 4.79 Å². The number of aliphatic hydroxyl groups excluding tert-OH is 1. The topological polar surface area (TPSA) is 46.5 Å². The van der Waals surface area contributed by atoms with Crippen LogP contribution in [0.15, 0.2) is 23.3 Å². The third-order valence-corrected chi connectivity index (χ3v) is 2.33. The van der Waals surface area contributed by atoms with E-state index in [9.17, 15) is 4.79 Å². The maximum absolute atomic E-state index is 10.9. The molecule has 0 unspecified atom stereocenters. The van der Waals surface area contributed by atoms with E-state index in [1.165, 1.54) is 18.8 Å². The predicted octanol–water partition coefficient (Wildman–Crippen LogP) is 2.60. The zero-order valence-corrected chi connectivity index (χ0v) is 10.5. The van der Waals surface area contributed by atoms with E-state index in [0.29, 0.717) is 0 Å². The van der Waals surface area contributed by atoms with Crippen LogP contribution in [0.5, 0.6) is 0 Å². The molecule has 0 aromatic heterocycles. The minimum absolute atomic E-state index is 0.243. The van der Waals surface area contributed by atoms with E-state index >= 15 is 0 Å². The van der Waals surface area contributed by atoms with Crippen molar-refractivity contribution in [2.45, 2.75) is 39.5 Å². The highest BCUT2D eigenvalue weighted by Crippen LogP contribution is 2.09. The lowest BCUT2D eigenvalue weighted by Gasteiger charge is -2.01. The fourth-order valence-corrected chi connectivity index (χ4v) is 1.34. The summed E-state index contributed by atoms with van der Waals surface area (Å²) in [6.45, 7) is 4.23. The Morgan fingerprint density at radius 3 is 2.50 bits per heavy atom. The third kappa shape index (κ3) is 8.24. The van der Waals surface area contributed by atoms with Crippen molar-refractivity contribution in [2.24, 2.45) is 0 Å². The van der Waals surface area contributed by atoms with Crippen LogP contribution in [0.3, 0.4) is 0 Å². The number of aliphatic hydroxyl groups is 1. The Morgan fingerprint density at radius 1 is 1.25 bits per heavy atom. The first-order chi connectivity index (χ1) is 7.60. The molecule has 0 fully saturated rings. The fraction of sp³-hybridized carbons (Fsp3) is 0.615. The molecule has 0 aliphatic heterocycles. The summed E-state index contributed by atoms with van der Waals surface area (Å²) in [6, 6.07) is 0. The van der Waals surface area contributed by atoms with Crippen LogP contribution in [0.25, 0.3) is 0 Å². The van der Waals surface area contributed by atoms with Gasteiger partial charge in [0.2, 0.25) is 0 Å².